The molecule has 0 bridgehead atoms. The summed E-state index contributed by atoms with van der Waals surface area (Å²) in [5.41, 5.74) is 3.02. The van der Waals surface area contributed by atoms with Gasteiger partial charge in [-0.15, -0.1) is 0 Å². The molecule has 35 heavy (non-hydrogen) atoms. The van der Waals surface area contributed by atoms with Crippen molar-refractivity contribution >= 4 is 42.1 Å². The highest BCUT2D eigenvalue weighted by atomic mass is 32.1. The lowest BCUT2D eigenvalue weighted by molar-refractivity contribution is 0.0964. The Balaban J connectivity index is 0.00000342. The van der Waals surface area contributed by atoms with Crippen LogP contribution in [0.1, 0.15) is 35.7 Å². The van der Waals surface area contributed by atoms with E-state index in [0.717, 1.165) is 17.7 Å². The molecule has 0 unspecified atom stereocenters. The van der Waals surface area contributed by atoms with Gasteiger partial charge in [0.05, 0.1) is 16.8 Å². The van der Waals surface area contributed by atoms with Gasteiger partial charge in [0, 0.05) is 61.7 Å². The van der Waals surface area contributed by atoms with E-state index < -0.39 is 5.82 Å². The first-order valence-electron chi connectivity index (χ1n) is 10.9. The van der Waals surface area contributed by atoms with Gasteiger partial charge >= 0.3 is 0 Å². The summed E-state index contributed by atoms with van der Waals surface area (Å²) in [5, 5.41) is 9.14. The second-order valence-electron chi connectivity index (χ2n) is 7.69. The highest BCUT2D eigenvalue weighted by molar-refractivity contribution is 7.59. The number of anilines is 2. The average molecular weight is 495 g/mol. The number of benzene rings is 1. The lowest BCUT2D eigenvalue weighted by atomic mass is 9.95. The molecule has 0 saturated carbocycles. The molecule has 1 aromatic carbocycles. The molecule has 3 aromatic heterocycles. The molecular weight excluding hydrogens is 467 g/mol. The predicted molar refractivity (Wildman–Crippen MR) is 140 cm³/mol. The van der Waals surface area contributed by atoms with Crippen LogP contribution in [-0.2, 0) is 0 Å². The molecule has 3 N–H and O–H groups in total. The SMILES string of the molecule is CCNc1ncc(-c2cc(NC[C@@H](C)c3ccc(F)c4c(C(=O)NC)ccnc34)ncn2)cn1.S. The van der Waals surface area contributed by atoms with Crippen molar-refractivity contribution in [3.63, 3.8) is 0 Å². The Kier molecular flexibility index (Phi) is 8.48. The molecule has 4 aromatic rings. The van der Waals surface area contributed by atoms with Crippen LogP contribution in [0, 0.1) is 5.82 Å². The van der Waals surface area contributed by atoms with E-state index in [1.54, 1.807) is 18.5 Å². The fourth-order valence-electron chi connectivity index (χ4n) is 3.66. The minimum Gasteiger partial charge on any atom is -0.369 e. The number of hydrogen-bond donors (Lipinski definition) is 3. The number of rotatable bonds is 8. The first kappa shape index (κ1) is 25.8. The highest BCUT2D eigenvalue weighted by Crippen LogP contribution is 2.29. The van der Waals surface area contributed by atoms with Gasteiger partial charge in [0.15, 0.2) is 0 Å². The van der Waals surface area contributed by atoms with Crippen molar-refractivity contribution in [1.82, 2.24) is 30.2 Å². The minimum atomic E-state index is -0.478. The van der Waals surface area contributed by atoms with Gasteiger partial charge in [-0.2, -0.15) is 13.5 Å². The molecule has 3 heterocycles. The number of amides is 1. The number of pyridine rings is 1. The monoisotopic (exact) mass is 494 g/mol. The van der Waals surface area contributed by atoms with Crippen molar-refractivity contribution in [3.8, 4) is 11.3 Å². The Morgan fingerprint density at radius 1 is 1.06 bits per heavy atom. The van der Waals surface area contributed by atoms with Crippen LogP contribution in [0.2, 0.25) is 0 Å². The summed E-state index contributed by atoms with van der Waals surface area (Å²) in [4.78, 5) is 33.8. The quantitative estimate of drug-likeness (QED) is 0.339. The van der Waals surface area contributed by atoms with Gasteiger partial charge in [-0.3, -0.25) is 9.78 Å². The Bertz CT molecular complexity index is 1320. The Labute approximate surface area is 209 Å². The maximum atomic E-state index is 14.6. The second kappa shape index (κ2) is 11.5. The smallest absolute Gasteiger partial charge is 0.251 e. The highest BCUT2D eigenvalue weighted by Gasteiger charge is 2.18. The first-order chi connectivity index (χ1) is 16.5. The maximum absolute atomic E-state index is 14.6. The van der Waals surface area contributed by atoms with Gasteiger partial charge in [0.25, 0.3) is 5.91 Å². The summed E-state index contributed by atoms with van der Waals surface area (Å²) in [6.07, 6.45) is 6.42. The van der Waals surface area contributed by atoms with Crippen molar-refractivity contribution in [3.05, 3.63) is 66.1 Å². The number of aromatic nitrogens is 5. The third-order valence-corrected chi connectivity index (χ3v) is 5.41. The van der Waals surface area contributed by atoms with E-state index >= 15 is 0 Å². The molecule has 182 valence electrons. The molecule has 0 aliphatic carbocycles. The van der Waals surface area contributed by atoms with Crippen LogP contribution >= 0.6 is 13.5 Å². The standard InChI is InChI=1S/C24H25FN8O.H2S/c1-4-27-24-30-11-15(12-31-24)19-9-20(33-13-32-19)29-10-14(2)16-5-6-18(25)21-17(23(34)26-3)7-8-28-22(16)21;/h5-9,11-14H,4,10H2,1-3H3,(H,26,34)(H,27,30,31)(H,29,32,33);1H2/t14-;/m1./s1. The predicted octanol–water partition coefficient (Wildman–Crippen LogP) is 3.74. The molecule has 0 aliphatic heterocycles. The lowest BCUT2D eigenvalue weighted by Crippen LogP contribution is -2.19. The van der Waals surface area contributed by atoms with Gasteiger partial charge in [-0.25, -0.2) is 24.3 Å². The van der Waals surface area contributed by atoms with Crippen molar-refractivity contribution in [2.24, 2.45) is 0 Å². The first-order valence-corrected chi connectivity index (χ1v) is 10.9. The lowest BCUT2D eigenvalue weighted by Gasteiger charge is -2.17. The van der Waals surface area contributed by atoms with E-state index in [1.807, 2.05) is 19.9 Å². The van der Waals surface area contributed by atoms with Crippen LogP contribution in [-0.4, -0.2) is 51.0 Å². The Morgan fingerprint density at radius 2 is 1.83 bits per heavy atom. The zero-order valence-corrected chi connectivity index (χ0v) is 20.6. The molecule has 4 rings (SSSR count). The van der Waals surface area contributed by atoms with Gasteiger partial charge < -0.3 is 16.0 Å². The van der Waals surface area contributed by atoms with Crippen LogP contribution < -0.4 is 16.0 Å². The molecule has 1 atom stereocenters. The van der Waals surface area contributed by atoms with Gasteiger partial charge in [-0.1, -0.05) is 13.0 Å². The molecule has 9 nitrogen and oxygen atoms in total. The summed E-state index contributed by atoms with van der Waals surface area (Å²) in [6.45, 7) is 5.24. The minimum absolute atomic E-state index is 0. The Morgan fingerprint density at radius 3 is 2.54 bits per heavy atom. The van der Waals surface area contributed by atoms with Crippen LogP contribution in [0.4, 0.5) is 16.2 Å². The summed E-state index contributed by atoms with van der Waals surface area (Å²) in [6, 6.07) is 6.43. The van der Waals surface area contributed by atoms with Gasteiger partial charge in [-0.05, 0) is 24.6 Å². The van der Waals surface area contributed by atoms with Crippen LogP contribution in [0.5, 0.6) is 0 Å². The molecule has 11 heteroatoms. The number of carbonyl (C=O) groups excluding carboxylic acids is 1. The number of carbonyl (C=O) groups is 1. The van der Waals surface area contributed by atoms with E-state index in [-0.39, 0.29) is 36.3 Å². The topological polar surface area (TPSA) is 118 Å². The third kappa shape index (κ3) is 5.62. The zero-order chi connectivity index (χ0) is 24.1. The number of halogens is 1. The van der Waals surface area contributed by atoms with E-state index in [1.165, 1.54) is 31.7 Å². The van der Waals surface area contributed by atoms with E-state index in [0.29, 0.717) is 29.5 Å². The molecule has 0 saturated heterocycles. The van der Waals surface area contributed by atoms with Crippen LogP contribution in [0.25, 0.3) is 22.2 Å². The Hall–Kier alpha value is -3.86. The maximum Gasteiger partial charge on any atom is 0.251 e. The number of nitrogens with one attached hydrogen (secondary N) is 3. The number of fused-ring (bicyclic) bond motifs is 1. The van der Waals surface area contributed by atoms with Crippen molar-refractivity contribution in [1.29, 1.82) is 0 Å². The van der Waals surface area contributed by atoms with Crippen molar-refractivity contribution in [2.45, 2.75) is 19.8 Å². The van der Waals surface area contributed by atoms with E-state index in [2.05, 4.69) is 40.9 Å². The van der Waals surface area contributed by atoms with E-state index in [4.69, 9.17) is 0 Å². The fraction of sp³-hybridized carbons (Fsp3) is 0.250. The number of hydrogen-bond acceptors (Lipinski definition) is 8. The normalized spacial score (nSPS) is 11.4. The summed E-state index contributed by atoms with van der Waals surface area (Å²) < 4.78 is 14.6. The zero-order valence-electron chi connectivity index (χ0n) is 19.6. The average Bonchev–Trinajstić information content (AvgIpc) is 2.87. The molecular formula is C24H27FN8OS. The second-order valence-corrected chi connectivity index (χ2v) is 7.69. The molecule has 0 fully saturated rings. The van der Waals surface area contributed by atoms with Crippen molar-refractivity contribution < 1.29 is 9.18 Å². The summed E-state index contributed by atoms with van der Waals surface area (Å²) >= 11 is 0. The van der Waals surface area contributed by atoms with Crippen LogP contribution in [0.15, 0.2) is 49.2 Å². The summed E-state index contributed by atoms with van der Waals surface area (Å²) in [7, 11) is 1.52. The molecule has 0 spiro atoms. The largest absolute Gasteiger partial charge is 0.369 e. The molecule has 0 radical (unpaired) electrons. The fourth-order valence-corrected chi connectivity index (χ4v) is 3.66. The summed E-state index contributed by atoms with van der Waals surface area (Å²) in [5.74, 6) is 0.320. The van der Waals surface area contributed by atoms with Gasteiger partial charge in [0.2, 0.25) is 5.95 Å². The molecule has 1 amide bonds. The third-order valence-electron chi connectivity index (χ3n) is 5.41. The van der Waals surface area contributed by atoms with Crippen molar-refractivity contribution in [2.75, 3.05) is 30.8 Å². The number of nitrogens with zero attached hydrogens (tertiary/aromatic N) is 5. The van der Waals surface area contributed by atoms with E-state index in [9.17, 15) is 9.18 Å². The van der Waals surface area contributed by atoms with Gasteiger partial charge in [0.1, 0.15) is 18.0 Å². The molecule has 0 aliphatic rings. The van der Waals surface area contributed by atoms with Crippen LogP contribution in [0.3, 0.4) is 0 Å².